The molecule has 0 radical (unpaired) electrons. The highest BCUT2D eigenvalue weighted by atomic mass is 19.1. The lowest BCUT2D eigenvalue weighted by Gasteiger charge is -2.04. The van der Waals surface area contributed by atoms with Gasteiger partial charge in [0.05, 0.1) is 6.54 Å². The first-order valence-electron chi connectivity index (χ1n) is 5.30. The summed E-state index contributed by atoms with van der Waals surface area (Å²) in [6, 6.07) is 13.3. The Morgan fingerprint density at radius 1 is 1.06 bits per heavy atom. The first kappa shape index (κ1) is 11.5. The number of rotatable bonds is 3. The maximum Gasteiger partial charge on any atom is 0.176 e. The van der Waals surface area contributed by atoms with Crippen LogP contribution in [0.3, 0.4) is 0 Å². The predicted octanol–water partition coefficient (Wildman–Crippen LogP) is 2.63. The van der Waals surface area contributed by atoms with Crippen LogP contribution in [0, 0.1) is 5.82 Å². The maximum atomic E-state index is 13.1. The van der Waals surface area contributed by atoms with E-state index in [0.717, 1.165) is 11.1 Å². The molecule has 2 aromatic rings. The SMILES string of the molecule is NCC(=O)c1cccc(-c2cccc(F)c2)c1. The molecular formula is C14H12FNO. The van der Waals surface area contributed by atoms with Crippen LogP contribution in [0.25, 0.3) is 11.1 Å². The van der Waals surface area contributed by atoms with E-state index in [4.69, 9.17) is 5.73 Å². The third kappa shape index (κ3) is 2.57. The monoisotopic (exact) mass is 229 g/mol. The van der Waals surface area contributed by atoms with Crippen molar-refractivity contribution in [2.75, 3.05) is 6.54 Å². The number of Topliss-reactive ketones (excluding diaryl/α,β-unsaturated/α-hetero) is 1. The molecule has 2 nitrogen and oxygen atoms in total. The highest BCUT2D eigenvalue weighted by molar-refractivity contribution is 5.98. The van der Waals surface area contributed by atoms with Gasteiger partial charge in [-0.05, 0) is 29.3 Å². The molecule has 0 aliphatic rings. The quantitative estimate of drug-likeness (QED) is 0.822. The van der Waals surface area contributed by atoms with Gasteiger partial charge in [-0.2, -0.15) is 0 Å². The normalized spacial score (nSPS) is 10.2. The Hall–Kier alpha value is -2.00. The van der Waals surface area contributed by atoms with Gasteiger partial charge < -0.3 is 5.73 Å². The fourth-order valence-electron chi connectivity index (χ4n) is 1.66. The Morgan fingerprint density at radius 3 is 2.35 bits per heavy atom. The number of hydrogen-bond acceptors (Lipinski definition) is 2. The molecule has 2 N–H and O–H groups in total. The van der Waals surface area contributed by atoms with Crippen LogP contribution in [0.2, 0.25) is 0 Å². The smallest absolute Gasteiger partial charge is 0.176 e. The molecule has 2 rings (SSSR count). The second-order valence-electron chi connectivity index (χ2n) is 3.72. The Morgan fingerprint density at radius 2 is 1.71 bits per heavy atom. The molecule has 0 atom stereocenters. The van der Waals surface area contributed by atoms with Crippen LogP contribution in [0.1, 0.15) is 10.4 Å². The van der Waals surface area contributed by atoms with Gasteiger partial charge in [0.25, 0.3) is 0 Å². The predicted molar refractivity (Wildman–Crippen MR) is 65.2 cm³/mol. The van der Waals surface area contributed by atoms with E-state index in [1.807, 2.05) is 6.07 Å². The first-order valence-corrected chi connectivity index (χ1v) is 5.30. The Balaban J connectivity index is 2.43. The molecular weight excluding hydrogens is 217 g/mol. The number of halogens is 1. The molecule has 0 fully saturated rings. The van der Waals surface area contributed by atoms with Crippen LogP contribution in [0.4, 0.5) is 4.39 Å². The molecule has 0 aliphatic heterocycles. The first-order chi connectivity index (χ1) is 8.20. The van der Waals surface area contributed by atoms with Crippen molar-refractivity contribution < 1.29 is 9.18 Å². The lowest BCUT2D eigenvalue weighted by Crippen LogP contribution is -2.13. The second-order valence-corrected chi connectivity index (χ2v) is 3.72. The molecule has 0 spiro atoms. The fourth-order valence-corrected chi connectivity index (χ4v) is 1.66. The second kappa shape index (κ2) is 4.89. The van der Waals surface area contributed by atoms with Gasteiger partial charge in [0.2, 0.25) is 0 Å². The van der Waals surface area contributed by atoms with Gasteiger partial charge in [-0.25, -0.2) is 4.39 Å². The molecule has 2 aromatic carbocycles. The average molecular weight is 229 g/mol. The lowest BCUT2D eigenvalue weighted by atomic mass is 10.0. The van der Waals surface area contributed by atoms with Crippen molar-refractivity contribution in [1.82, 2.24) is 0 Å². The van der Waals surface area contributed by atoms with Crippen molar-refractivity contribution in [3.63, 3.8) is 0 Å². The van der Waals surface area contributed by atoms with Crippen LogP contribution in [0.15, 0.2) is 48.5 Å². The highest BCUT2D eigenvalue weighted by Crippen LogP contribution is 2.21. The largest absolute Gasteiger partial charge is 0.324 e. The zero-order valence-electron chi connectivity index (χ0n) is 9.19. The van der Waals surface area contributed by atoms with E-state index >= 15 is 0 Å². The van der Waals surface area contributed by atoms with Gasteiger partial charge in [0.15, 0.2) is 5.78 Å². The lowest BCUT2D eigenvalue weighted by molar-refractivity contribution is 0.100. The Kier molecular flexibility index (Phi) is 3.30. The molecule has 0 heterocycles. The van der Waals surface area contributed by atoms with Gasteiger partial charge in [-0.1, -0.05) is 30.3 Å². The van der Waals surface area contributed by atoms with E-state index in [0.29, 0.717) is 5.56 Å². The van der Waals surface area contributed by atoms with Gasteiger partial charge in [0, 0.05) is 5.56 Å². The summed E-state index contributed by atoms with van der Waals surface area (Å²) in [5.41, 5.74) is 7.41. The van der Waals surface area contributed by atoms with Crippen molar-refractivity contribution >= 4 is 5.78 Å². The van der Waals surface area contributed by atoms with E-state index in [9.17, 15) is 9.18 Å². The standard InChI is InChI=1S/C14H12FNO/c15-13-6-2-4-11(8-13)10-3-1-5-12(7-10)14(17)9-16/h1-8H,9,16H2. The van der Waals surface area contributed by atoms with Crippen LogP contribution in [0.5, 0.6) is 0 Å². The molecule has 3 heteroatoms. The minimum Gasteiger partial charge on any atom is -0.324 e. The molecule has 0 bridgehead atoms. The van der Waals surface area contributed by atoms with Crippen LogP contribution in [-0.2, 0) is 0 Å². The number of nitrogens with two attached hydrogens (primary N) is 1. The number of carbonyl (C=O) groups is 1. The van der Waals surface area contributed by atoms with E-state index in [-0.39, 0.29) is 18.1 Å². The molecule has 17 heavy (non-hydrogen) atoms. The summed E-state index contributed by atoms with van der Waals surface area (Å²) in [5.74, 6) is -0.415. The van der Waals surface area contributed by atoms with E-state index < -0.39 is 0 Å². The fraction of sp³-hybridized carbons (Fsp3) is 0.0714. The average Bonchev–Trinajstić information content (AvgIpc) is 2.38. The molecule has 0 aromatic heterocycles. The summed E-state index contributed by atoms with van der Waals surface area (Å²) in [6.07, 6.45) is 0. The summed E-state index contributed by atoms with van der Waals surface area (Å²) in [4.78, 5) is 11.5. The van der Waals surface area contributed by atoms with E-state index in [2.05, 4.69) is 0 Å². The van der Waals surface area contributed by atoms with Crippen molar-refractivity contribution in [1.29, 1.82) is 0 Å². The maximum absolute atomic E-state index is 13.1. The number of benzene rings is 2. The topological polar surface area (TPSA) is 43.1 Å². The minimum absolute atomic E-state index is 0.0212. The van der Waals surface area contributed by atoms with E-state index in [1.165, 1.54) is 12.1 Å². The summed E-state index contributed by atoms with van der Waals surface area (Å²) >= 11 is 0. The number of ketones is 1. The molecule has 0 amide bonds. The summed E-state index contributed by atoms with van der Waals surface area (Å²) < 4.78 is 13.1. The highest BCUT2D eigenvalue weighted by Gasteiger charge is 2.05. The summed E-state index contributed by atoms with van der Waals surface area (Å²) in [7, 11) is 0. The number of carbonyl (C=O) groups excluding carboxylic acids is 1. The van der Waals surface area contributed by atoms with Crippen LogP contribution < -0.4 is 5.73 Å². The summed E-state index contributed by atoms with van der Waals surface area (Å²) in [5, 5.41) is 0. The van der Waals surface area contributed by atoms with Crippen molar-refractivity contribution in [3.8, 4) is 11.1 Å². The van der Waals surface area contributed by atoms with Crippen LogP contribution >= 0.6 is 0 Å². The third-order valence-corrected chi connectivity index (χ3v) is 2.53. The van der Waals surface area contributed by atoms with Crippen molar-refractivity contribution in [2.45, 2.75) is 0 Å². The zero-order valence-corrected chi connectivity index (χ0v) is 9.19. The molecule has 0 saturated carbocycles. The molecule has 86 valence electrons. The Labute approximate surface area is 98.9 Å². The number of hydrogen-bond donors (Lipinski definition) is 1. The molecule has 0 saturated heterocycles. The van der Waals surface area contributed by atoms with Gasteiger partial charge in [0.1, 0.15) is 5.82 Å². The van der Waals surface area contributed by atoms with Gasteiger partial charge >= 0.3 is 0 Å². The van der Waals surface area contributed by atoms with E-state index in [1.54, 1.807) is 30.3 Å². The molecule has 0 unspecified atom stereocenters. The van der Waals surface area contributed by atoms with Gasteiger partial charge in [-0.3, -0.25) is 4.79 Å². The zero-order chi connectivity index (χ0) is 12.3. The molecule has 0 aliphatic carbocycles. The minimum atomic E-state index is -0.293. The third-order valence-electron chi connectivity index (χ3n) is 2.53. The summed E-state index contributed by atoms with van der Waals surface area (Å²) in [6.45, 7) is -0.0212. The van der Waals surface area contributed by atoms with Crippen molar-refractivity contribution in [3.05, 3.63) is 59.9 Å². The Bertz CT molecular complexity index is 551. The van der Waals surface area contributed by atoms with Crippen LogP contribution in [-0.4, -0.2) is 12.3 Å². The van der Waals surface area contributed by atoms with Crippen molar-refractivity contribution in [2.24, 2.45) is 5.73 Å². The van der Waals surface area contributed by atoms with Gasteiger partial charge in [-0.15, -0.1) is 0 Å².